The van der Waals surface area contributed by atoms with E-state index in [1.165, 1.54) is 11.6 Å². The zero-order valence-electron chi connectivity index (χ0n) is 17.4. The lowest BCUT2D eigenvalue weighted by molar-refractivity contribution is -0.139. The number of hydrogen-bond acceptors (Lipinski definition) is 5. The van der Waals surface area contributed by atoms with E-state index in [0.29, 0.717) is 11.3 Å². The Bertz CT molecular complexity index is 1060. The number of carbonyl (C=O) groups is 2. The van der Waals surface area contributed by atoms with Crippen molar-refractivity contribution in [2.45, 2.75) is 32.8 Å². The first-order valence-corrected chi connectivity index (χ1v) is 9.95. The van der Waals surface area contributed by atoms with Crippen molar-refractivity contribution in [1.82, 2.24) is 0 Å². The van der Waals surface area contributed by atoms with Crippen LogP contribution in [0.5, 0.6) is 11.5 Å². The first kappa shape index (κ1) is 20.0. The van der Waals surface area contributed by atoms with E-state index >= 15 is 0 Å². The first-order chi connectivity index (χ1) is 14.4. The summed E-state index contributed by atoms with van der Waals surface area (Å²) < 4.78 is 16.4. The molecule has 1 aliphatic carbocycles. The smallest absolute Gasteiger partial charge is 0.336 e. The quantitative estimate of drug-likeness (QED) is 0.422. The lowest BCUT2D eigenvalue weighted by atomic mass is 9.76. The summed E-state index contributed by atoms with van der Waals surface area (Å²) in [4.78, 5) is 24.5. The van der Waals surface area contributed by atoms with Crippen LogP contribution in [0.2, 0.25) is 0 Å². The highest BCUT2D eigenvalue weighted by Crippen LogP contribution is 2.49. The van der Waals surface area contributed by atoms with Crippen LogP contribution in [-0.2, 0) is 20.7 Å². The highest BCUT2D eigenvalue weighted by atomic mass is 16.6. The van der Waals surface area contributed by atoms with Gasteiger partial charge >= 0.3 is 11.9 Å². The fourth-order valence-corrected chi connectivity index (χ4v) is 4.30. The van der Waals surface area contributed by atoms with Gasteiger partial charge in [0.15, 0.2) is 0 Å². The molecule has 1 fully saturated rings. The van der Waals surface area contributed by atoms with Gasteiger partial charge in [0, 0.05) is 23.1 Å². The largest absolute Gasteiger partial charge is 0.497 e. The maximum absolute atomic E-state index is 12.4. The molecule has 2 aliphatic rings. The Hall–Kier alpha value is -3.34. The van der Waals surface area contributed by atoms with E-state index in [1.807, 2.05) is 44.2 Å². The van der Waals surface area contributed by atoms with Crippen molar-refractivity contribution in [3.63, 3.8) is 0 Å². The molecule has 0 bridgehead atoms. The van der Waals surface area contributed by atoms with Gasteiger partial charge in [0.25, 0.3) is 0 Å². The maximum Gasteiger partial charge on any atom is 0.336 e. The van der Waals surface area contributed by atoms with Crippen LogP contribution in [0.15, 0.2) is 48.6 Å². The van der Waals surface area contributed by atoms with Crippen LogP contribution >= 0.6 is 0 Å². The van der Waals surface area contributed by atoms with Gasteiger partial charge in [0.1, 0.15) is 17.6 Å². The Morgan fingerprint density at radius 3 is 2.67 bits per heavy atom. The average molecular weight is 404 g/mol. The topological polar surface area (TPSA) is 61.8 Å². The third kappa shape index (κ3) is 3.52. The molecule has 154 valence electrons. The number of benzene rings is 2. The summed E-state index contributed by atoms with van der Waals surface area (Å²) in [7, 11) is 1.61. The van der Waals surface area contributed by atoms with E-state index in [1.54, 1.807) is 13.2 Å². The number of carbonyl (C=O) groups excluding carboxylic acids is 2. The number of rotatable bonds is 4. The Morgan fingerprint density at radius 2 is 1.97 bits per heavy atom. The minimum atomic E-state index is -0.464. The first-order valence-electron chi connectivity index (χ1n) is 9.95. The van der Waals surface area contributed by atoms with Crippen molar-refractivity contribution in [3.8, 4) is 11.5 Å². The molecule has 30 heavy (non-hydrogen) atoms. The van der Waals surface area contributed by atoms with Crippen LogP contribution in [0.3, 0.4) is 0 Å². The molecule has 2 aromatic rings. The van der Waals surface area contributed by atoms with Gasteiger partial charge in [-0.1, -0.05) is 18.7 Å². The number of methoxy groups -OCH3 is 1. The minimum absolute atomic E-state index is 0.0102. The van der Waals surface area contributed by atoms with Crippen LogP contribution in [0.4, 0.5) is 0 Å². The molecule has 0 amide bonds. The molecule has 2 atom stereocenters. The van der Waals surface area contributed by atoms with Crippen LogP contribution < -0.4 is 9.47 Å². The lowest BCUT2D eigenvalue weighted by Gasteiger charge is -2.30. The van der Waals surface area contributed by atoms with Gasteiger partial charge in [-0.05, 0) is 73.2 Å². The zero-order chi connectivity index (χ0) is 21.4. The van der Waals surface area contributed by atoms with E-state index < -0.39 is 5.97 Å². The molecular formula is C25H24O5. The second kappa shape index (κ2) is 7.82. The second-order valence-electron chi connectivity index (χ2n) is 7.73. The van der Waals surface area contributed by atoms with Crippen molar-refractivity contribution in [3.05, 3.63) is 76.4 Å². The van der Waals surface area contributed by atoms with Gasteiger partial charge in [0.2, 0.25) is 0 Å². The molecule has 5 heteroatoms. The third-order valence-corrected chi connectivity index (χ3v) is 5.96. The number of esters is 2. The summed E-state index contributed by atoms with van der Waals surface area (Å²) in [6.45, 7) is 7.81. The number of aryl methyl sites for hydroxylation is 1. The normalized spacial score (nSPS) is 20.0. The van der Waals surface area contributed by atoms with Gasteiger partial charge < -0.3 is 14.2 Å². The van der Waals surface area contributed by atoms with Crippen LogP contribution in [0.1, 0.15) is 40.3 Å². The molecule has 1 heterocycles. The van der Waals surface area contributed by atoms with Gasteiger partial charge in [-0.3, -0.25) is 0 Å². The predicted octanol–water partition coefficient (Wildman–Crippen LogP) is 4.65. The van der Waals surface area contributed by atoms with Crippen LogP contribution in [-0.4, -0.2) is 19.0 Å². The van der Waals surface area contributed by atoms with Crippen LogP contribution in [0.25, 0.3) is 6.08 Å². The maximum atomic E-state index is 12.4. The molecule has 0 N–H and O–H groups in total. The highest BCUT2D eigenvalue weighted by Gasteiger charge is 2.44. The Balaban J connectivity index is 1.58. The third-order valence-electron chi connectivity index (χ3n) is 5.96. The lowest BCUT2D eigenvalue weighted by Crippen LogP contribution is -2.21. The van der Waals surface area contributed by atoms with E-state index in [0.717, 1.165) is 40.8 Å². The van der Waals surface area contributed by atoms with Crippen molar-refractivity contribution >= 4 is 18.0 Å². The Morgan fingerprint density at radius 1 is 1.23 bits per heavy atom. The molecule has 5 nitrogen and oxygen atoms in total. The highest BCUT2D eigenvalue weighted by molar-refractivity contribution is 5.91. The van der Waals surface area contributed by atoms with E-state index in [2.05, 4.69) is 6.58 Å². The summed E-state index contributed by atoms with van der Waals surface area (Å²) in [5.74, 6) is 0.436. The summed E-state index contributed by atoms with van der Waals surface area (Å²) >= 11 is 0. The molecule has 1 aliphatic heterocycles. The molecule has 1 saturated heterocycles. The molecule has 0 saturated carbocycles. The van der Waals surface area contributed by atoms with Gasteiger partial charge in [-0.2, -0.15) is 0 Å². The van der Waals surface area contributed by atoms with E-state index in [4.69, 9.17) is 14.2 Å². The Kier molecular flexibility index (Phi) is 5.20. The molecule has 0 aromatic heterocycles. The molecular weight excluding hydrogens is 380 g/mol. The van der Waals surface area contributed by atoms with Crippen molar-refractivity contribution in [2.24, 2.45) is 5.92 Å². The summed E-state index contributed by atoms with van der Waals surface area (Å²) in [5, 5.41) is 0. The monoisotopic (exact) mass is 404 g/mol. The molecule has 2 unspecified atom stereocenters. The standard InChI is InChI=1S/C25H24O5/c1-14-13-21(29-22(26)12-7-17-5-8-18(28-4)9-6-17)16(3)23-19(14)10-11-20-15(2)25(27)30-24(20)23/h5-9,12-13,20,24H,2,10-11H2,1,3-4H3. The molecule has 0 spiro atoms. The molecule has 4 rings (SSSR count). The zero-order valence-corrected chi connectivity index (χ0v) is 17.4. The van der Waals surface area contributed by atoms with Crippen molar-refractivity contribution in [2.75, 3.05) is 7.11 Å². The summed E-state index contributed by atoms with van der Waals surface area (Å²) in [6, 6.07) is 9.26. The second-order valence-corrected chi connectivity index (χ2v) is 7.73. The fraction of sp³-hybridized carbons (Fsp3) is 0.280. The van der Waals surface area contributed by atoms with Gasteiger partial charge in [-0.25, -0.2) is 9.59 Å². The van der Waals surface area contributed by atoms with Crippen molar-refractivity contribution in [1.29, 1.82) is 0 Å². The average Bonchev–Trinajstić information content (AvgIpc) is 3.04. The fourth-order valence-electron chi connectivity index (χ4n) is 4.30. The number of fused-ring (bicyclic) bond motifs is 3. The van der Waals surface area contributed by atoms with Crippen LogP contribution in [0, 0.1) is 19.8 Å². The predicted molar refractivity (Wildman–Crippen MR) is 113 cm³/mol. The molecule has 0 radical (unpaired) electrons. The van der Waals surface area contributed by atoms with E-state index in [-0.39, 0.29) is 18.0 Å². The van der Waals surface area contributed by atoms with E-state index in [9.17, 15) is 9.59 Å². The summed E-state index contributed by atoms with van der Waals surface area (Å²) in [6.07, 6.45) is 4.44. The summed E-state index contributed by atoms with van der Waals surface area (Å²) in [5.41, 5.74) is 5.39. The SMILES string of the molecule is C=C1C(=O)OC2c3c(C)c(OC(=O)C=Cc4ccc(OC)cc4)cc(C)c3CCC12. The number of hydrogen-bond donors (Lipinski definition) is 0. The Labute approximate surface area is 176 Å². The van der Waals surface area contributed by atoms with Crippen molar-refractivity contribution < 1.29 is 23.8 Å². The minimum Gasteiger partial charge on any atom is -0.497 e. The molecule has 2 aromatic carbocycles. The number of ether oxygens (including phenoxy) is 3. The van der Waals surface area contributed by atoms with Gasteiger partial charge in [0.05, 0.1) is 7.11 Å². The van der Waals surface area contributed by atoms with Gasteiger partial charge in [-0.15, -0.1) is 0 Å².